The van der Waals surface area contributed by atoms with Crippen molar-refractivity contribution in [3.63, 3.8) is 0 Å². The van der Waals surface area contributed by atoms with Gasteiger partial charge in [0.2, 0.25) is 0 Å². The quantitative estimate of drug-likeness (QED) is 0.567. The fraction of sp³-hybridized carbons (Fsp3) is 0.217. The Morgan fingerprint density at radius 2 is 1.90 bits per heavy atom. The number of benzene rings is 2. The maximum absolute atomic E-state index is 13.0. The third kappa shape index (κ3) is 3.67. The molecule has 1 atom stereocenters. The van der Waals surface area contributed by atoms with Crippen molar-refractivity contribution in [2.75, 3.05) is 7.11 Å². The molecular formula is C23H23N3O3. The predicted octanol–water partition coefficient (Wildman–Crippen LogP) is 3.52. The molecule has 1 N–H and O–H groups in total. The fourth-order valence-corrected chi connectivity index (χ4v) is 3.36. The summed E-state index contributed by atoms with van der Waals surface area (Å²) in [5.74, 6) is 0.730. The van der Waals surface area contributed by atoms with Crippen LogP contribution in [0.3, 0.4) is 0 Å². The molecule has 0 saturated heterocycles. The number of nitrogens with zero attached hydrogens (tertiary/aromatic N) is 3. The summed E-state index contributed by atoms with van der Waals surface area (Å²) < 4.78 is 8.35. The van der Waals surface area contributed by atoms with Gasteiger partial charge in [0.05, 0.1) is 25.5 Å². The van der Waals surface area contributed by atoms with Gasteiger partial charge in [-0.05, 0) is 48.7 Å². The van der Waals surface area contributed by atoms with Crippen LogP contribution >= 0.6 is 0 Å². The van der Waals surface area contributed by atoms with Crippen molar-refractivity contribution in [3.8, 4) is 17.0 Å². The molecule has 6 heteroatoms. The van der Waals surface area contributed by atoms with Gasteiger partial charge in [0.1, 0.15) is 11.3 Å². The van der Waals surface area contributed by atoms with E-state index in [2.05, 4.69) is 5.10 Å². The number of hydrogen-bond donors (Lipinski definition) is 1. The minimum Gasteiger partial charge on any atom is -0.497 e. The molecular weight excluding hydrogens is 366 g/mol. The molecule has 0 amide bonds. The van der Waals surface area contributed by atoms with Gasteiger partial charge in [0, 0.05) is 18.0 Å². The van der Waals surface area contributed by atoms with E-state index in [4.69, 9.17) is 4.74 Å². The van der Waals surface area contributed by atoms with Gasteiger partial charge in [0.15, 0.2) is 0 Å². The number of hydrogen-bond acceptors (Lipinski definition) is 4. The highest BCUT2D eigenvalue weighted by Crippen LogP contribution is 2.23. The number of aromatic nitrogens is 3. The Labute approximate surface area is 168 Å². The molecule has 0 fully saturated rings. The lowest BCUT2D eigenvalue weighted by molar-refractivity contribution is 0.155. The molecule has 0 saturated carbocycles. The van der Waals surface area contributed by atoms with Crippen LogP contribution in [-0.2, 0) is 6.54 Å². The summed E-state index contributed by atoms with van der Waals surface area (Å²) in [6, 6.07) is 15.2. The van der Waals surface area contributed by atoms with E-state index in [1.807, 2.05) is 56.3 Å². The predicted molar refractivity (Wildman–Crippen MR) is 112 cm³/mol. The molecule has 148 valence electrons. The van der Waals surface area contributed by atoms with Crippen molar-refractivity contribution < 1.29 is 9.84 Å². The summed E-state index contributed by atoms with van der Waals surface area (Å²) >= 11 is 0. The van der Waals surface area contributed by atoms with Crippen LogP contribution in [0.2, 0.25) is 0 Å². The van der Waals surface area contributed by atoms with Crippen LogP contribution in [0.4, 0.5) is 0 Å². The smallest absolute Gasteiger partial charge is 0.276 e. The van der Waals surface area contributed by atoms with E-state index in [0.29, 0.717) is 11.2 Å². The Morgan fingerprint density at radius 1 is 1.07 bits per heavy atom. The molecule has 29 heavy (non-hydrogen) atoms. The van der Waals surface area contributed by atoms with Crippen LogP contribution in [0.5, 0.6) is 5.75 Å². The summed E-state index contributed by atoms with van der Waals surface area (Å²) in [4.78, 5) is 13.0. The number of aliphatic hydroxyl groups is 1. The number of fused-ring (bicyclic) bond motifs is 1. The van der Waals surface area contributed by atoms with Crippen molar-refractivity contribution in [2.24, 2.45) is 0 Å². The first kappa shape index (κ1) is 19.0. The minimum atomic E-state index is -0.768. The highest BCUT2D eigenvalue weighted by atomic mass is 16.5. The first-order chi connectivity index (χ1) is 14.0. The van der Waals surface area contributed by atoms with E-state index in [0.717, 1.165) is 22.4 Å². The average molecular weight is 389 g/mol. The van der Waals surface area contributed by atoms with Gasteiger partial charge in [-0.2, -0.15) is 5.10 Å². The van der Waals surface area contributed by atoms with Gasteiger partial charge in [0.25, 0.3) is 5.56 Å². The van der Waals surface area contributed by atoms with Crippen molar-refractivity contribution in [1.82, 2.24) is 14.2 Å². The average Bonchev–Trinajstić information content (AvgIpc) is 3.17. The lowest BCUT2D eigenvalue weighted by Gasteiger charge is -2.14. The fourth-order valence-electron chi connectivity index (χ4n) is 3.36. The Balaban J connectivity index is 1.67. The van der Waals surface area contributed by atoms with Gasteiger partial charge in [-0.25, -0.2) is 4.52 Å². The van der Waals surface area contributed by atoms with Crippen LogP contribution in [-0.4, -0.2) is 26.4 Å². The molecule has 0 unspecified atom stereocenters. The summed E-state index contributed by atoms with van der Waals surface area (Å²) in [6.07, 6.45) is 2.62. The third-order valence-electron chi connectivity index (χ3n) is 5.25. The third-order valence-corrected chi connectivity index (χ3v) is 5.25. The summed E-state index contributed by atoms with van der Waals surface area (Å²) in [5.41, 5.74) is 4.90. The molecule has 0 aliphatic rings. The van der Waals surface area contributed by atoms with E-state index in [1.165, 1.54) is 10.1 Å². The molecule has 2 aromatic heterocycles. The second kappa shape index (κ2) is 7.56. The first-order valence-electron chi connectivity index (χ1n) is 9.45. The Hall–Kier alpha value is -3.38. The van der Waals surface area contributed by atoms with E-state index in [-0.39, 0.29) is 12.1 Å². The Bertz CT molecular complexity index is 1240. The molecule has 6 nitrogen and oxygen atoms in total. The number of aryl methyl sites for hydroxylation is 2. The normalized spacial score (nSPS) is 12.3. The highest BCUT2D eigenvalue weighted by molar-refractivity contribution is 5.66. The molecule has 4 aromatic rings. The lowest BCUT2D eigenvalue weighted by Crippen LogP contribution is -2.24. The summed E-state index contributed by atoms with van der Waals surface area (Å²) in [7, 11) is 1.61. The van der Waals surface area contributed by atoms with Crippen molar-refractivity contribution in [1.29, 1.82) is 0 Å². The lowest BCUT2D eigenvalue weighted by atomic mass is 10.0. The second-order valence-corrected chi connectivity index (χ2v) is 7.21. The van der Waals surface area contributed by atoms with Gasteiger partial charge in [-0.15, -0.1) is 0 Å². The Morgan fingerprint density at radius 3 is 2.66 bits per heavy atom. The molecule has 2 aromatic carbocycles. The number of methoxy groups -OCH3 is 1. The van der Waals surface area contributed by atoms with Crippen LogP contribution in [0, 0.1) is 13.8 Å². The van der Waals surface area contributed by atoms with Crippen LogP contribution in [0.1, 0.15) is 22.8 Å². The number of rotatable bonds is 5. The topological polar surface area (TPSA) is 68.8 Å². The SMILES string of the molecule is COc1cccc(-c2cc3c(=O)n(C[C@@H](O)c4ccc(C)c(C)c4)ccn3n2)c1. The maximum atomic E-state index is 13.0. The van der Waals surface area contributed by atoms with Crippen LogP contribution < -0.4 is 10.3 Å². The molecule has 0 bridgehead atoms. The van der Waals surface area contributed by atoms with Crippen molar-refractivity contribution in [3.05, 3.63) is 88.0 Å². The number of ether oxygens (including phenoxy) is 1. The van der Waals surface area contributed by atoms with E-state index in [1.54, 1.807) is 30.1 Å². The molecule has 0 spiro atoms. The largest absolute Gasteiger partial charge is 0.497 e. The standard InChI is InChI=1S/C23H23N3O3/c1-15-7-8-18(11-16(15)2)22(27)14-25-9-10-26-21(23(25)28)13-20(24-26)17-5-4-6-19(12-17)29-3/h4-13,22,27H,14H2,1-3H3/t22-/m1/s1. The monoisotopic (exact) mass is 389 g/mol. The van der Waals surface area contributed by atoms with Gasteiger partial charge < -0.3 is 14.4 Å². The van der Waals surface area contributed by atoms with Gasteiger partial charge in [-0.3, -0.25) is 4.79 Å². The van der Waals surface area contributed by atoms with Crippen molar-refractivity contribution in [2.45, 2.75) is 26.5 Å². The molecule has 0 aliphatic heterocycles. The zero-order valence-corrected chi connectivity index (χ0v) is 16.7. The van der Waals surface area contributed by atoms with E-state index in [9.17, 15) is 9.90 Å². The Kier molecular flexibility index (Phi) is 4.94. The molecule has 2 heterocycles. The van der Waals surface area contributed by atoms with E-state index < -0.39 is 6.10 Å². The van der Waals surface area contributed by atoms with Gasteiger partial charge >= 0.3 is 0 Å². The zero-order valence-electron chi connectivity index (χ0n) is 16.7. The molecule has 4 rings (SSSR count). The molecule has 0 aliphatic carbocycles. The zero-order chi connectivity index (χ0) is 20.5. The second-order valence-electron chi connectivity index (χ2n) is 7.21. The summed E-state index contributed by atoms with van der Waals surface area (Å²) in [5, 5.41) is 15.1. The maximum Gasteiger partial charge on any atom is 0.276 e. The van der Waals surface area contributed by atoms with Crippen LogP contribution in [0.15, 0.2) is 65.7 Å². The minimum absolute atomic E-state index is 0.178. The summed E-state index contributed by atoms with van der Waals surface area (Å²) in [6.45, 7) is 4.22. The highest BCUT2D eigenvalue weighted by Gasteiger charge is 2.14. The van der Waals surface area contributed by atoms with Gasteiger partial charge in [-0.1, -0.05) is 30.3 Å². The van der Waals surface area contributed by atoms with Crippen LogP contribution in [0.25, 0.3) is 16.8 Å². The number of aliphatic hydroxyl groups excluding tert-OH is 1. The van der Waals surface area contributed by atoms with Crippen molar-refractivity contribution >= 4 is 5.52 Å². The first-order valence-corrected chi connectivity index (χ1v) is 9.45. The van der Waals surface area contributed by atoms with E-state index >= 15 is 0 Å². The molecule has 0 radical (unpaired) electrons.